The number of hydrogen-bond donors (Lipinski definition) is 1. The Labute approximate surface area is 165 Å². The van der Waals surface area contributed by atoms with Gasteiger partial charge in [0.1, 0.15) is 0 Å². The Balaban J connectivity index is 1.45. The highest BCUT2D eigenvalue weighted by atomic mass is 32.1. The Morgan fingerprint density at radius 3 is 2.26 bits per heavy atom. The molecular formula is C21H27N3O2S. The lowest BCUT2D eigenvalue weighted by Gasteiger charge is -2.34. The average Bonchev–Trinajstić information content (AvgIpc) is 3.08. The van der Waals surface area contributed by atoms with Crippen molar-refractivity contribution in [2.24, 2.45) is 0 Å². The van der Waals surface area contributed by atoms with Crippen LogP contribution in [0.5, 0.6) is 0 Å². The van der Waals surface area contributed by atoms with Gasteiger partial charge in [0.15, 0.2) is 0 Å². The summed E-state index contributed by atoms with van der Waals surface area (Å²) in [6.45, 7) is 9.42. The zero-order chi connectivity index (χ0) is 19.4. The lowest BCUT2D eigenvalue weighted by atomic mass is 10.0. The number of benzene rings is 1. The monoisotopic (exact) mass is 385 g/mol. The maximum Gasteiger partial charge on any atom is 0.264 e. The molecule has 1 aromatic heterocycles. The molecule has 144 valence electrons. The minimum absolute atomic E-state index is 0.0130. The molecule has 0 radical (unpaired) electrons. The molecule has 1 fully saturated rings. The van der Waals surface area contributed by atoms with Crippen molar-refractivity contribution in [2.75, 3.05) is 38.0 Å². The van der Waals surface area contributed by atoms with E-state index in [0.29, 0.717) is 25.6 Å². The molecule has 0 unspecified atom stereocenters. The molecule has 2 aromatic rings. The van der Waals surface area contributed by atoms with Crippen LogP contribution in [-0.2, 0) is 4.79 Å². The fourth-order valence-corrected chi connectivity index (χ4v) is 4.00. The standard InChI is InChI=1S/C21H27N3O2S/c1-15(2)17-5-7-18(8-6-17)22-20(25)14-23-10-12-24(13-11-23)21(26)19-9-4-16(3)27-19/h4-9,15H,10-14H2,1-3H3,(H,22,25). The maximum absolute atomic E-state index is 12.5. The number of piperazine rings is 1. The smallest absolute Gasteiger partial charge is 0.264 e. The van der Waals surface area contributed by atoms with Crippen LogP contribution in [0.15, 0.2) is 36.4 Å². The zero-order valence-corrected chi connectivity index (χ0v) is 17.0. The Kier molecular flexibility index (Phi) is 6.29. The van der Waals surface area contributed by atoms with Crippen LogP contribution in [0.2, 0.25) is 0 Å². The Morgan fingerprint density at radius 2 is 1.70 bits per heavy atom. The van der Waals surface area contributed by atoms with Crippen molar-refractivity contribution in [1.29, 1.82) is 0 Å². The second-order valence-corrected chi connectivity index (χ2v) is 8.59. The molecule has 3 rings (SSSR count). The topological polar surface area (TPSA) is 52.7 Å². The highest BCUT2D eigenvalue weighted by Gasteiger charge is 2.24. The number of anilines is 1. The van der Waals surface area contributed by atoms with E-state index in [4.69, 9.17) is 0 Å². The molecule has 2 amide bonds. The summed E-state index contributed by atoms with van der Waals surface area (Å²) in [5.74, 6) is 0.565. The SMILES string of the molecule is Cc1ccc(C(=O)N2CCN(CC(=O)Nc3ccc(C(C)C)cc3)CC2)s1. The number of nitrogens with zero attached hydrogens (tertiary/aromatic N) is 2. The Hall–Kier alpha value is -2.18. The van der Waals surface area contributed by atoms with E-state index in [2.05, 4.69) is 36.2 Å². The van der Waals surface area contributed by atoms with Crippen molar-refractivity contribution in [2.45, 2.75) is 26.7 Å². The first-order chi connectivity index (χ1) is 12.9. The zero-order valence-electron chi connectivity index (χ0n) is 16.2. The molecule has 0 spiro atoms. The largest absolute Gasteiger partial charge is 0.335 e. The maximum atomic E-state index is 12.5. The lowest BCUT2D eigenvalue weighted by molar-refractivity contribution is -0.117. The number of amides is 2. The number of thiophene rings is 1. The van der Waals surface area contributed by atoms with E-state index in [9.17, 15) is 9.59 Å². The summed E-state index contributed by atoms with van der Waals surface area (Å²) in [6, 6.07) is 11.9. The molecular weight excluding hydrogens is 358 g/mol. The first-order valence-electron chi connectivity index (χ1n) is 9.40. The summed E-state index contributed by atoms with van der Waals surface area (Å²) in [5, 5.41) is 2.96. The van der Waals surface area contributed by atoms with Crippen LogP contribution in [-0.4, -0.2) is 54.3 Å². The third-order valence-electron chi connectivity index (χ3n) is 4.84. The second-order valence-electron chi connectivity index (χ2n) is 7.30. The van der Waals surface area contributed by atoms with Crippen molar-refractivity contribution in [3.63, 3.8) is 0 Å². The fraction of sp³-hybridized carbons (Fsp3) is 0.429. The van der Waals surface area contributed by atoms with E-state index in [0.717, 1.165) is 28.5 Å². The minimum Gasteiger partial charge on any atom is -0.335 e. The average molecular weight is 386 g/mol. The van der Waals surface area contributed by atoms with Crippen LogP contribution in [0, 0.1) is 6.92 Å². The fourth-order valence-electron chi connectivity index (χ4n) is 3.17. The van der Waals surface area contributed by atoms with Crippen molar-refractivity contribution < 1.29 is 9.59 Å². The molecule has 1 N–H and O–H groups in total. The first kappa shape index (κ1) is 19.6. The van der Waals surface area contributed by atoms with Crippen LogP contribution >= 0.6 is 11.3 Å². The van der Waals surface area contributed by atoms with Crippen LogP contribution < -0.4 is 5.32 Å². The predicted molar refractivity (Wildman–Crippen MR) is 111 cm³/mol. The number of aryl methyl sites for hydroxylation is 1. The molecule has 1 saturated heterocycles. The van der Waals surface area contributed by atoms with Gasteiger partial charge < -0.3 is 10.2 Å². The van der Waals surface area contributed by atoms with Crippen LogP contribution in [0.4, 0.5) is 5.69 Å². The molecule has 1 aliphatic rings. The van der Waals surface area contributed by atoms with E-state index in [1.807, 2.05) is 36.1 Å². The summed E-state index contributed by atoms with van der Waals surface area (Å²) in [6.07, 6.45) is 0. The number of nitrogens with one attached hydrogen (secondary N) is 1. The molecule has 5 nitrogen and oxygen atoms in total. The third-order valence-corrected chi connectivity index (χ3v) is 5.83. The van der Waals surface area contributed by atoms with Crippen LogP contribution in [0.25, 0.3) is 0 Å². The van der Waals surface area contributed by atoms with Crippen molar-refractivity contribution in [3.8, 4) is 0 Å². The normalized spacial score (nSPS) is 15.2. The van der Waals surface area contributed by atoms with E-state index in [-0.39, 0.29) is 11.8 Å². The van der Waals surface area contributed by atoms with Gasteiger partial charge in [0.25, 0.3) is 5.91 Å². The van der Waals surface area contributed by atoms with Crippen molar-refractivity contribution in [1.82, 2.24) is 9.80 Å². The van der Waals surface area contributed by atoms with Crippen molar-refractivity contribution >= 4 is 28.8 Å². The summed E-state index contributed by atoms with van der Waals surface area (Å²) < 4.78 is 0. The molecule has 0 aliphatic carbocycles. The Morgan fingerprint density at radius 1 is 1.04 bits per heavy atom. The van der Waals surface area contributed by atoms with E-state index >= 15 is 0 Å². The van der Waals surface area contributed by atoms with Crippen molar-refractivity contribution in [3.05, 3.63) is 51.7 Å². The molecule has 2 heterocycles. The summed E-state index contributed by atoms with van der Waals surface area (Å²) in [5.41, 5.74) is 2.08. The van der Waals surface area contributed by atoms with Gasteiger partial charge in [0.05, 0.1) is 11.4 Å². The van der Waals surface area contributed by atoms with Gasteiger partial charge in [-0.2, -0.15) is 0 Å². The van der Waals surface area contributed by atoms with Gasteiger partial charge in [0, 0.05) is 36.7 Å². The second kappa shape index (κ2) is 8.67. The quantitative estimate of drug-likeness (QED) is 0.856. The molecule has 27 heavy (non-hydrogen) atoms. The lowest BCUT2D eigenvalue weighted by Crippen LogP contribution is -2.50. The van der Waals surface area contributed by atoms with Crippen LogP contribution in [0.1, 0.15) is 39.9 Å². The third kappa shape index (κ3) is 5.17. The summed E-state index contributed by atoms with van der Waals surface area (Å²) >= 11 is 1.54. The summed E-state index contributed by atoms with van der Waals surface area (Å²) in [7, 11) is 0. The van der Waals surface area contributed by atoms with Gasteiger partial charge in [-0.15, -0.1) is 11.3 Å². The highest BCUT2D eigenvalue weighted by Crippen LogP contribution is 2.19. The molecule has 0 saturated carbocycles. The van der Waals surface area contributed by atoms with E-state index in [1.54, 1.807) is 0 Å². The highest BCUT2D eigenvalue weighted by molar-refractivity contribution is 7.13. The summed E-state index contributed by atoms with van der Waals surface area (Å²) in [4.78, 5) is 30.7. The minimum atomic E-state index is -0.0130. The van der Waals surface area contributed by atoms with E-state index in [1.165, 1.54) is 16.9 Å². The first-order valence-corrected chi connectivity index (χ1v) is 10.2. The molecule has 1 aliphatic heterocycles. The number of carbonyl (C=O) groups is 2. The number of hydrogen-bond acceptors (Lipinski definition) is 4. The van der Waals surface area contributed by atoms with Gasteiger partial charge >= 0.3 is 0 Å². The van der Waals surface area contributed by atoms with Gasteiger partial charge in [-0.05, 0) is 42.7 Å². The predicted octanol–water partition coefficient (Wildman–Crippen LogP) is 3.58. The van der Waals surface area contributed by atoms with Crippen LogP contribution in [0.3, 0.4) is 0 Å². The number of carbonyl (C=O) groups excluding carboxylic acids is 2. The molecule has 0 atom stereocenters. The van der Waals surface area contributed by atoms with E-state index < -0.39 is 0 Å². The van der Waals surface area contributed by atoms with Gasteiger partial charge in [-0.1, -0.05) is 26.0 Å². The molecule has 0 bridgehead atoms. The van der Waals surface area contributed by atoms with Gasteiger partial charge in [-0.3, -0.25) is 14.5 Å². The Bertz CT molecular complexity index is 790. The van der Waals surface area contributed by atoms with Gasteiger partial charge in [-0.25, -0.2) is 0 Å². The number of rotatable bonds is 5. The molecule has 1 aromatic carbocycles. The van der Waals surface area contributed by atoms with Gasteiger partial charge in [0.2, 0.25) is 5.91 Å². The molecule has 6 heteroatoms.